The molecule has 7 nitrogen and oxygen atoms in total. The van der Waals surface area contributed by atoms with Gasteiger partial charge in [0.1, 0.15) is 5.75 Å². The second-order valence-electron chi connectivity index (χ2n) is 8.12. The van der Waals surface area contributed by atoms with Crippen LogP contribution in [-0.2, 0) is 0 Å². The Bertz CT molecular complexity index is 1400. The summed E-state index contributed by atoms with van der Waals surface area (Å²) in [6, 6.07) is 25.4. The Balaban J connectivity index is 1.43. The van der Waals surface area contributed by atoms with Crippen molar-refractivity contribution < 1.29 is 14.7 Å². The Morgan fingerprint density at radius 1 is 0.886 bits per heavy atom. The van der Waals surface area contributed by atoms with Crippen molar-refractivity contribution in [2.75, 3.05) is 5.32 Å². The number of nitrogens with zero attached hydrogens (tertiary/aromatic N) is 3. The Labute approximate surface area is 202 Å². The fourth-order valence-corrected chi connectivity index (χ4v) is 4.09. The summed E-state index contributed by atoms with van der Waals surface area (Å²) in [7, 11) is 0. The number of hydrogen-bond acceptors (Lipinski definition) is 5. The molecule has 35 heavy (non-hydrogen) atoms. The molecule has 2 heterocycles. The maximum absolute atomic E-state index is 13.4. The molecule has 1 aliphatic rings. The second-order valence-corrected chi connectivity index (χ2v) is 8.12. The number of hydrogen-bond donors (Lipinski definition) is 2. The number of pyridine rings is 1. The summed E-state index contributed by atoms with van der Waals surface area (Å²) in [5.41, 5.74) is 3.59. The van der Waals surface area contributed by atoms with Gasteiger partial charge in [-0.1, -0.05) is 66.7 Å². The number of phenolic OH excluding ortho intramolecular Hbond substituents is 1. The highest BCUT2D eigenvalue weighted by Gasteiger charge is 2.34. The van der Waals surface area contributed by atoms with Crippen LogP contribution in [0.2, 0.25) is 0 Å². The van der Waals surface area contributed by atoms with Gasteiger partial charge in [0.2, 0.25) is 0 Å². The lowest BCUT2D eigenvalue weighted by Gasteiger charge is -2.23. The number of benzene rings is 3. The predicted molar refractivity (Wildman–Crippen MR) is 133 cm³/mol. The molecule has 1 aliphatic heterocycles. The molecule has 172 valence electrons. The number of hydrazone groups is 1. The summed E-state index contributed by atoms with van der Waals surface area (Å²) in [5.74, 6) is -0.0415. The minimum Gasteiger partial charge on any atom is -0.508 e. The van der Waals surface area contributed by atoms with Gasteiger partial charge in [-0.25, -0.2) is 9.80 Å². The van der Waals surface area contributed by atoms with Gasteiger partial charge < -0.3 is 10.4 Å². The quantitative estimate of drug-likeness (QED) is 0.388. The first-order valence-corrected chi connectivity index (χ1v) is 11.2. The van der Waals surface area contributed by atoms with Gasteiger partial charge in [0, 0.05) is 46.8 Å². The van der Waals surface area contributed by atoms with E-state index in [1.165, 1.54) is 5.01 Å². The van der Waals surface area contributed by atoms with Gasteiger partial charge in [0.05, 0.1) is 11.8 Å². The smallest absolute Gasteiger partial charge is 0.342 e. The van der Waals surface area contributed by atoms with Gasteiger partial charge in [-0.15, -0.1) is 0 Å². The summed E-state index contributed by atoms with van der Waals surface area (Å²) in [6.45, 7) is 0. The maximum Gasteiger partial charge on any atom is 0.342 e. The van der Waals surface area contributed by atoms with Crippen molar-refractivity contribution in [2.24, 2.45) is 5.10 Å². The minimum atomic E-state index is -0.500. The number of urea groups is 1. The van der Waals surface area contributed by atoms with E-state index in [1.54, 1.807) is 67.0 Å². The molecular formula is C28H22N4O3. The number of phenols is 1. The van der Waals surface area contributed by atoms with Crippen LogP contribution in [0.15, 0.2) is 108 Å². The largest absolute Gasteiger partial charge is 0.508 e. The van der Waals surface area contributed by atoms with Crippen molar-refractivity contribution in [3.05, 3.63) is 126 Å². The lowest BCUT2D eigenvalue weighted by Crippen LogP contribution is -2.31. The van der Waals surface area contributed by atoms with Gasteiger partial charge in [-0.2, -0.15) is 5.10 Å². The molecule has 0 radical (unpaired) electrons. The molecule has 4 aromatic rings. The van der Waals surface area contributed by atoms with Crippen molar-refractivity contribution in [1.82, 2.24) is 9.99 Å². The van der Waals surface area contributed by atoms with E-state index in [0.29, 0.717) is 34.5 Å². The van der Waals surface area contributed by atoms with Crippen LogP contribution >= 0.6 is 0 Å². The van der Waals surface area contributed by atoms with Crippen molar-refractivity contribution in [3.8, 4) is 5.75 Å². The Kier molecular flexibility index (Phi) is 6.05. The highest BCUT2D eigenvalue weighted by atomic mass is 16.3. The van der Waals surface area contributed by atoms with Gasteiger partial charge in [-0.3, -0.25) is 9.78 Å². The molecule has 0 aliphatic carbocycles. The topological polar surface area (TPSA) is 94.9 Å². The average molecular weight is 463 g/mol. The lowest BCUT2D eigenvalue weighted by molar-refractivity contribution is 0.103. The van der Waals surface area contributed by atoms with Crippen LogP contribution in [0, 0.1) is 0 Å². The van der Waals surface area contributed by atoms with Gasteiger partial charge >= 0.3 is 6.03 Å². The number of rotatable bonds is 5. The summed E-state index contributed by atoms with van der Waals surface area (Å²) in [4.78, 5) is 30.4. The zero-order chi connectivity index (χ0) is 24.2. The molecule has 2 N–H and O–H groups in total. The zero-order valence-electron chi connectivity index (χ0n) is 18.7. The molecule has 0 saturated carbocycles. The van der Waals surface area contributed by atoms with Crippen LogP contribution in [0.25, 0.3) is 0 Å². The Hall–Kier alpha value is -4.78. The molecule has 0 bridgehead atoms. The SMILES string of the molecule is O=C(c1ccccc1)c1cccc(NC(=O)N2N=C(c3cccnc3)CC2c2ccccc2O)c1. The van der Waals surface area contributed by atoms with Crippen molar-refractivity contribution >= 4 is 23.2 Å². The van der Waals surface area contributed by atoms with Crippen molar-refractivity contribution in [2.45, 2.75) is 12.5 Å². The van der Waals surface area contributed by atoms with Crippen LogP contribution in [-0.4, -0.2) is 32.6 Å². The molecule has 1 atom stereocenters. The lowest BCUT2D eigenvalue weighted by atomic mass is 9.98. The standard InChI is InChI=1S/C28H22N4O3/c33-26-14-5-4-13-23(26)25-17-24(21-11-7-15-29-18-21)31-32(25)28(35)30-22-12-6-10-20(16-22)27(34)19-8-2-1-3-9-19/h1-16,18,25,33H,17H2,(H,30,35). The molecule has 1 aromatic heterocycles. The van der Waals surface area contributed by atoms with E-state index in [0.717, 1.165) is 5.56 Å². The summed E-state index contributed by atoms with van der Waals surface area (Å²) >= 11 is 0. The fourth-order valence-electron chi connectivity index (χ4n) is 4.09. The highest BCUT2D eigenvalue weighted by Crippen LogP contribution is 2.37. The number of nitrogens with one attached hydrogen (secondary N) is 1. The molecule has 0 saturated heterocycles. The number of para-hydroxylation sites is 1. The van der Waals surface area contributed by atoms with E-state index in [1.807, 2.05) is 36.4 Å². The number of carbonyl (C=O) groups excluding carboxylic acids is 2. The fraction of sp³-hybridized carbons (Fsp3) is 0.0714. The third-order valence-corrected chi connectivity index (χ3v) is 5.82. The van der Waals surface area contributed by atoms with Crippen LogP contribution < -0.4 is 5.32 Å². The first-order valence-electron chi connectivity index (χ1n) is 11.2. The third kappa shape index (κ3) is 4.65. The van der Waals surface area contributed by atoms with Crippen LogP contribution in [0.4, 0.5) is 10.5 Å². The van der Waals surface area contributed by atoms with E-state index in [4.69, 9.17) is 0 Å². The van der Waals surface area contributed by atoms with E-state index in [2.05, 4.69) is 15.4 Å². The molecule has 3 aromatic carbocycles. The summed E-state index contributed by atoms with van der Waals surface area (Å²) in [6.07, 6.45) is 3.79. The Morgan fingerprint density at radius 3 is 2.43 bits per heavy atom. The molecule has 1 unspecified atom stereocenters. The summed E-state index contributed by atoms with van der Waals surface area (Å²) in [5, 5.41) is 19.2. The number of ketones is 1. The monoisotopic (exact) mass is 462 g/mol. The van der Waals surface area contributed by atoms with Gasteiger partial charge in [-0.05, 0) is 24.3 Å². The first kappa shape index (κ1) is 22.0. The number of aromatic nitrogens is 1. The molecule has 7 heteroatoms. The molecular weight excluding hydrogens is 440 g/mol. The number of amides is 2. The normalized spacial score (nSPS) is 14.9. The molecule has 0 spiro atoms. The summed E-state index contributed by atoms with van der Waals surface area (Å²) < 4.78 is 0. The van der Waals surface area contributed by atoms with E-state index >= 15 is 0 Å². The van der Waals surface area contributed by atoms with Gasteiger partial charge in [0.15, 0.2) is 5.78 Å². The van der Waals surface area contributed by atoms with Crippen molar-refractivity contribution in [1.29, 1.82) is 0 Å². The molecule has 5 rings (SSSR count). The first-order chi connectivity index (χ1) is 17.1. The van der Waals surface area contributed by atoms with Crippen LogP contribution in [0.1, 0.15) is 39.5 Å². The predicted octanol–water partition coefficient (Wildman–Crippen LogP) is 5.40. The van der Waals surface area contributed by atoms with Crippen LogP contribution in [0.3, 0.4) is 0 Å². The number of anilines is 1. The molecule has 0 fully saturated rings. The van der Waals surface area contributed by atoms with Crippen molar-refractivity contribution in [3.63, 3.8) is 0 Å². The van der Waals surface area contributed by atoms with Crippen LogP contribution in [0.5, 0.6) is 5.75 Å². The second kappa shape index (κ2) is 9.61. The highest BCUT2D eigenvalue weighted by molar-refractivity contribution is 6.10. The van der Waals surface area contributed by atoms with E-state index < -0.39 is 12.1 Å². The maximum atomic E-state index is 13.4. The van der Waals surface area contributed by atoms with E-state index in [-0.39, 0.29) is 11.5 Å². The Morgan fingerprint density at radius 2 is 1.66 bits per heavy atom. The minimum absolute atomic E-state index is 0.0911. The molecule has 2 amide bonds. The number of aromatic hydroxyl groups is 1. The van der Waals surface area contributed by atoms with E-state index in [9.17, 15) is 14.7 Å². The van der Waals surface area contributed by atoms with Gasteiger partial charge in [0.25, 0.3) is 0 Å². The third-order valence-electron chi connectivity index (χ3n) is 5.82. The number of carbonyl (C=O) groups is 2. The zero-order valence-corrected chi connectivity index (χ0v) is 18.7. The average Bonchev–Trinajstić information content (AvgIpc) is 3.35.